The molecule has 1 aromatic carbocycles. The Hall–Kier alpha value is -0.530. The first kappa shape index (κ1) is 9.04. The smallest absolute Gasteiger partial charge is 0.0408 e. The van der Waals surface area contributed by atoms with Crippen LogP contribution in [0.4, 0.5) is 0 Å². The minimum Gasteiger partial charge on any atom is -0.316 e. The van der Waals surface area contributed by atoms with Crippen LogP contribution in [0, 0.1) is 5.92 Å². The fourth-order valence-corrected chi connectivity index (χ4v) is 2.19. The van der Waals surface area contributed by atoms with Gasteiger partial charge in [0.25, 0.3) is 0 Å². The van der Waals surface area contributed by atoms with E-state index in [4.69, 9.17) is 11.6 Å². The topological polar surface area (TPSA) is 12.0 Å². The lowest BCUT2D eigenvalue weighted by atomic mass is 9.90. The summed E-state index contributed by atoms with van der Waals surface area (Å²) in [6.45, 7) is 4.49. The van der Waals surface area contributed by atoms with E-state index in [0.29, 0.717) is 5.92 Å². The van der Waals surface area contributed by atoms with E-state index in [1.807, 2.05) is 12.1 Å². The highest BCUT2D eigenvalue weighted by atomic mass is 35.5. The number of halogens is 1. The lowest BCUT2D eigenvalue weighted by Crippen LogP contribution is -2.07. The van der Waals surface area contributed by atoms with Crippen molar-refractivity contribution in [2.75, 3.05) is 13.1 Å². The summed E-state index contributed by atoms with van der Waals surface area (Å²) >= 11 is 5.95. The van der Waals surface area contributed by atoms with Gasteiger partial charge in [-0.05, 0) is 30.2 Å². The average Bonchev–Trinajstić information content (AvgIpc) is 2.51. The Morgan fingerprint density at radius 3 is 2.85 bits per heavy atom. The van der Waals surface area contributed by atoms with Crippen molar-refractivity contribution in [1.29, 1.82) is 0 Å². The molecule has 0 aliphatic carbocycles. The average molecular weight is 196 g/mol. The lowest BCUT2D eigenvalue weighted by molar-refractivity contribution is 0.572. The van der Waals surface area contributed by atoms with Crippen molar-refractivity contribution in [2.24, 2.45) is 5.92 Å². The third-order valence-corrected chi connectivity index (χ3v) is 3.03. The molecule has 0 spiro atoms. The molecule has 1 saturated heterocycles. The molecule has 1 aliphatic heterocycles. The van der Waals surface area contributed by atoms with Gasteiger partial charge in [0, 0.05) is 17.5 Å². The summed E-state index contributed by atoms with van der Waals surface area (Å²) in [4.78, 5) is 0. The van der Waals surface area contributed by atoms with E-state index in [2.05, 4.69) is 24.4 Å². The van der Waals surface area contributed by atoms with E-state index in [0.717, 1.165) is 24.0 Å². The van der Waals surface area contributed by atoms with E-state index in [1.54, 1.807) is 0 Å². The Morgan fingerprint density at radius 1 is 1.38 bits per heavy atom. The van der Waals surface area contributed by atoms with Crippen molar-refractivity contribution in [1.82, 2.24) is 5.32 Å². The SMILES string of the molecule is C[C@@H]1CNC[C@@H]1c1cccc(Cl)c1. The minimum atomic E-state index is 0.638. The second kappa shape index (κ2) is 3.69. The summed E-state index contributed by atoms with van der Waals surface area (Å²) in [5.41, 5.74) is 1.37. The van der Waals surface area contributed by atoms with Gasteiger partial charge in [0.15, 0.2) is 0 Å². The van der Waals surface area contributed by atoms with E-state index in [1.165, 1.54) is 5.56 Å². The highest BCUT2D eigenvalue weighted by Gasteiger charge is 2.24. The Balaban J connectivity index is 2.24. The maximum absolute atomic E-state index is 5.95. The molecule has 0 saturated carbocycles. The quantitative estimate of drug-likeness (QED) is 0.727. The van der Waals surface area contributed by atoms with Crippen molar-refractivity contribution in [3.8, 4) is 0 Å². The molecule has 0 radical (unpaired) electrons. The van der Waals surface area contributed by atoms with Gasteiger partial charge in [-0.25, -0.2) is 0 Å². The molecule has 1 nitrogen and oxygen atoms in total. The molecule has 1 aromatic rings. The van der Waals surface area contributed by atoms with Crippen LogP contribution >= 0.6 is 11.6 Å². The number of nitrogens with one attached hydrogen (secondary N) is 1. The molecule has 2 atom stereocenters. The van der Waals surface area contributed by atoms with Crippen LogP contribution in [0.25, 0.3) is 0 Å². The van der Waals surface area contributed by atoms with Crippen molar-refractivity contribution < 1.29 is 0 Å². The molecule has 1 fully saturated rings. The fraction of sp³-hybridized carbons (Fsp3) is 0.455. The maximum atomic E-state index is 5.95. The summed E-state index contributed by atoms with van der Waals surface area (Å²) < 4.78 is 0. The molecule has 2 heteroatoms. The van der Waals surface area contributed by atoms with Gasteiger partial charge in [-0.2, -0.15) is 0 Å². The molecule has 0 bridgehead atoms. The third kappa shape index (κ3) is 1.87. The van der Waals surface area contributed by atoms with Crippen LogP contribution in [0.15, 0.2) is 24.3 Å². The summed E-state index contributed by atoms with van der Waals surface area (Å²) in [5, 5.41) is 4.24. The Labute approximate surface area is 84.1 Å². The Kier molecular flexibility index (Phi) is 2.56. The molecule has 13 heavy (non-hydrogen) atoms. The summed E-state index contributed by atoms with van der Waals surface area (Å²) in [7, 11) is 0. The van der Waals surface area contributed by atoms with Gasteiger partial charge < -0.3 is 5.32 Å². The van der Waals surface area contributed by atoms with Crippen LogP contribution in [0.2, 0.25) is 5.02 Å². The van der Waals surface area contributed by atoms with Gasteiger partial charge in [-0.1, -0.05) is 30.7 Å². The molecule has 0 amide bonds. The molecule has 2 rings (SSSR count). The van der Waals surface area contributed by atoms with E-state index in [9.17, 15) is 0 Å². The number of benzene rings is 1. The monoisotopic (exact) mass is 195 g/mol. The highest BCUT2D eigenvalue weighted by molar-refractivity contribution is 6.30. The van der Waals surface area contributed by atoms with Crippen molar-refractivity contribution in [2.45, 2.75) is 12.8 Å². The van der Waals surface area contributed by atoms with Crippen molar-refractivity contribution >= 4 is 11.6 Å². The predicted molar refractivity (Wildman–Crippen MR) is 56.2 cm³/mol. The van der Waals surface area contributed by atoms with Gasteiger partial charge in [0.1, 0.15) is 0 Å². The second-order valence-corrected chi connectivity index (χ2v) is 4.23. The Bertz CT molecular complexity index is 298. The second-order valence-electron chi connectivity index (χ2n) is 3.80. The zero-order valence-corrected chi connectivity index (χ0v) is 8.51. The normalized spacial score (nSPS) is 27.8. The van der Waals surface area contributed by atoms with Crippen LogP contribution in [-0.4, -0.2) is 13.1 Å². The van der Waals surface area contributed by atoms with E-state index in [-0.39, 0.29) is 0 Å². The molecule has 70 valence electrons. The molecule has 0 aromatic heterocycles. The van der Waals surface area contributed by atoms with Gasteiger partial charge in [-0.3, -0.25) is 0 Å². The van der Waals surface area contributed by atoms with Gasteiger partial charge in [0.2, 0.25) is 0 Å². The van der Waals surface area contributed by atoms with E-state index < -0.39 is 0 Å². The fourth-order valence-electron chi connectivity index (χ4n) is 1.99. The summed E-state index contributed by atoms with van der Waals surface area (Å²) in [6.07, 6.45) is 0. The molecular weight excluding hydrogens is 182 g/mol. The molecule has 0 unspecified atom stereocenters. The zero-order chi connectivity index (χ0) is 9.26. The highest BCUT2D eigenvalue weighted by Crippen LogP contribution is 2.28. The molecule has 1 N–H and O–H groups in total. The maximum Gasteiger partial charge on any atom is 0.0408 e. The first-order chi connectivity index (χ1) is 6.27. The van der Waals surface area contributed by atoms with Crippen LogP contribution in [0.1, 0.15) is 18.4 Å². The standard InChI is InChI=1S/C11H14ClN/c1-8-6-13-7-11(8)9-3-2-4-10(12)5-9/h2-5,8,11,13H,6-7H2,1H3/t8-,11+/m1/s1. The first-order valence-corrected chi connectivity index (χ1v) is 5.11. The van der Waals surface area contributed by atoms with Gasteiger partial charge in [-0.15, -0.1) is 0 Å². The van der Waals surface area contributed by atoms with Crippen molar-refractivity contribution in [3.05, 3.63) is 34.9 Å². The lowest BCUT2D eigenvalue weighted by Gasteiger charge is -2.14. The largest absolute Gasteiger partial charge is 0.316 e. The van der Waals surface area contributed by atoms with Crippen LogP contribution in [-0.2, 0) is 0 Å². The van der Waals surface area contributed by atoms with Gasteiger partial charge in [0.05, 0.1) is 0 Å². The summed E-state index contributed by atoms with van der Waals surface area (Å²) in [5.74, 6) is 1.36. The molecular formula is C11H14ClN. The predicted octanol–water partition coefficient (Wildman–Crippen LogP) is 2.66. The molecule has 1 heterocycles. The third-order valence-electron chi connectivity index (χ3n) is 2.79. The van der Waals surface area contributed by atoms with Crippen molar-refractivity contribution in [3.63, 3.8) is 0 Å². The van der Waals surface area contributed by atoms with Gasteiger partial charge >= 0.3 is 0 Å². The van der Waals surface area contributed by atoms with E-state index >= 15 is 0 Å². The minimum absolute atomic E-state index is 0.638. The number of rotatable bonds is 1. The van der Waals surface area contributed by atoms with Crippen LogP contribution < -0.4 is 5.32 Å². The van der Waals surface area contributed by atoms with Crippen LogP contribution in [0.3, 0.4) is 0 Å². The van der Waals surface area contributed by atoms with Crippen LogP contribution in [0.5, 0.6) is 0 Å². The molecule has 1 aliphatic rings. The Morgan fingerprint density at radius 2 is 2.23 bits per heavy atom. The number of hydrogen-bond acceptors (Lipinski definition) is 1. The summed E-state index contributed by atoms with van der Waals surface area (Å²) in [6, 6.07) is 8.20. The number of hydrogen-bond donors (Lipinski definition) is 1. The first-order valence-electron chi connectivity index (χ1n) is 4.73. The zero-order valence-electron chi connectivity index (χ0n) is 7.76.